The molecule has 0 fully saturated rings. The monoisotopic (exact) mass is 353 g/mol. The van der Waals surface area contributed by atoms with Crippen LogP contribution in [0.15, 0.2) is 46.9 Å². The number of aryl methyl sites for hydroxylation is 1. The van der Waals surface area contributed by atoms with Gasteiger partial charge in [0, 0.05) is 6.54 Å². The fourth-order valence-corrected chi connectivity index (χ4v) is 2.41. The van der Waals surface area contributed by atoms with Crippen molar-refractivity contribution in [3.05, 3.63) is 58.3 Å². The Morgan fingerprint density at radius 1 is 1.29 bits per heavy atom. The first kappa shape index (κ1) is 15.8. The highest BCUT2D eigenvalue weighted by atomic mass is 79.9. The van der Waals surface area contributed by atoms with Gasteiger partial charge in [0.15, 0.2) is 0 Å². The summed E-state index contributed by atoms with van der Waals surface area (Å²) < 4.78 is 19.8. The number of hydrogen-bond donors (Lipinski definition) is 2. The minimum atomic E-state index is -0.738. The lowest BCUT2D eigenvalue weighted by Crippen LogP contribution is -2.26. The standard InChI is InChI=1S/C16H17BrFNO2/c1-11-6-7-16(13(17)8-11)21-10-12(20)9-19-15-5-3-2-4-14(15)18/h2-8,12,19-20H,9-10H2,1H3. The molecular formula is C16H17BrFNO2. The maximum Gasteiger partial charge on any atom is 0.146 e. The molecule has 0 spiro atoms. The SMILES string of the molecule is Cc1ccc(OCC(O)CNc2ccccc2F)c(Br)c1. The van der Waals surface area contributed by atoms with Crippen molar-refractivity contribution in [2.24, 2.45) is 0 Å². The van der Waals surface area contributed by atoms with E-state index in [0.717, 1.165) is 10.0 Å². The van der Waals surface area contributed by atoms with E-state index >= 15 is 0 Å². The average Bonchev–Trinajstić information content (AvgIpc) is 2.45. The van der Waals surface area contributed by atoms with E-state index in [2.05, 4.69) is 21.2 Å². The summed E-state index contributed by atoms with van der Waals surface area (Å²) in [4.78, 5) is 0. The lowest BCUT2D eigenvalue weighted by Gasteiger charge is -2.15. The number of nitrogens with one attached hydrogen (secondary N) is 1. The van der Waals surface area contributed by atoms with Crippen LogP contribution < -0.4 is 10.1 Å². The zero-order chi connectivity index (χ0) is 15.2. The first-order chi connectivity index (χ1) is 10.1. The summed E-state index contributed by atoms with van der Waals surface area (Å²) in [5, 5.41) is 12.7. The van der Waals surface area contributed by atoms with Gasteiger partial charge >= 0.3 is 0 Å². The highest BCUT2D eigenvalue weighted by molar-refractivity contribution is 9.10. The smallest absolute Gasteiger partial charge is 0.146 e. The van der Waals surface area contributed by atoms with Gasteiger partial charge < -0.3 is 15.2 Å². The van der Waals surface area contributed by atoms with Gasteiger partial charge in [0.25, 0.3) is 0 Å². The van der Waals surface area contributed by atoms with Gasteiger partial charge in [-0.1, -0.05) is 18.2 Å². The molecule has 0 saturated carbocycles. The second-order valence-electron chi connectivity index (χ2n) is 4.76. The van der Waals surface area contributed by atoms with E-state index in [1.807, 2.05) is 25.1 Å². The Hall–Kier alpha value is -1.59. The van der Waals surface area contributed by atoms with Crippen molar-refractivity contribution in [1.82, 2.24) is 0 Å². The van der Waals surface area contributed by atoms with E-state index in [0.29, 0.717) is 11.4 Å². The molecule has 2 rings (SSSR count). The third-order valence-corrected chi connectivity index (χ3v) is 3.54. The van der Waals surface area contributed by atoms with Crippen LogP contribution in [0.2, 0.25) is 0 Å². The summed E-state index contributed by atoms with van der Waals surface area (Å²) >= 11 is 3.41. The highest BCUT2D eigenvalue weighted by Crippen LogP contribution is 2.25. The van der Waals surface area contributed by atoms with Crippen molar-refractivity contribution >= 4 is 21.6 Å². The van der Waals surface area contributed by atoms with Crippen molar-refractivity contribution in [2.75, 3.05) is 18.5 Å². The Kier molecular flexibility index (Phi) is 5.59. The van der Waals surface area contributed by atoms with E-state index in [4.69, 9.17) is 4.74 Å². The molecule has 2 aromatic carbocycles. The number of anilines is 1. The number of halogens is 2. The third kappa shape index (κ3) is 4.72. The minimum Gasteiger partial charge on any atom is -0.490 e. The molecule has 1 unspecified atom stereocenters. The van der Waals surface area contributed by atoms with E-state index in [1.165, 1.54) is 6.07 Å². The van der Waals surface area contributed by atoms with Gasteiger partial charge in [-0.05, 0) is 52.7 Å². The predicted octanol–water partition coefficient (Wildman–Crippen LogP) is 3.75. The van der Waals surface area contributed by atoms with Crippen LogP contribution >= 0.6 is 15.9 Å². The van der Waals surface area contributed by atoms with E-state index < -0.39 is 6.10 Å². The number of hydrogen-bond acceptors (Lipinski definition) is 3. The molecular weight excluding hydrogens is 337 g/mol. The van der Waals surface area contributed by atoms with Crippen LogP contribution in [0, 0.1) is 12.7 Å². The van der Waals surface area contributed by atoms with E-state index in [-0.39, 0.29) is 19.0 Å². The molecule has 3 nitrogen and oxygen atoms in total. The van der Waals surface area contributed by atoms with Crippen molar-refractivity contribution in [1.29, 1.82) is 0 Å². The molecule has 0 heterocycles. The van der Waals surface area contributed by atoms with Crippen LogP contribution in [0.1, 0.15) is 5.56 Å². The summed E-state index contributed by atoms with van der Waals surface area (Å²) in [6, 6.07) is 12.1. The fourth-order valence-electron chi connectivity index (χ4n) is 1.80. The molecule has 0 aliphatic heterocycles. The second-order valence-corrected chi connectivity index (χ2v) is 5.61. The second kappa shape index (κ2) is 7.43. The molecule has 2 N–H and O–H groups in total. The van der Waals surface area contributed by atoms with Gasteiger partial charge in [0.2, 0.25) is 0 Å². The molecule has 112 valence electrons. The molecule has 0 amide bonds. The van der Waals surface area contributed by atoms with Crippen LogP contribution in [0.25, 0.3) is 0 Å². The van der Waals surface area contributed by atoms with Gasteiger partial charge in [-0.15, -0.1) is 0 Å². The summed E-state index contributed by atoms with van der Waals surface area (Å²) in [6.07, 6.45) is -0.738. The first-order valence-electron chi connectivity index (χ1n) is 6.61. The highest BCUT2D eigenvalue weighted by Gasteiger charge is 2.08. The Bertz CT molecular complexity index is 607. The largest absolute Gasteiger partial charge is 0.490 e. The Morgan fingerprint density at radius 2 is 2.05 bits per heavy atom. The molecule has 1 atom stereocenters. The van der Waals surface area contributed by atoms with Crippen LogP contribution in [0.5, 0.6) is 5.75 Å². The molecule has 0 radical (unpaired) electrons. The van der Waals surface area contributed by atoms with Crippen molar-refractivity contribution in [3.63, 3.8) is 0 Å². The van der Waals surface area contributed by atoms with Crippen LogP contribution in [-0.2, 0) is 0 Å². The molecule has 0 aromatic heterocycles. The third-order valence-electron chi connectivity index (χ3n) is 2.92. The van der Waals surface area contributed by atoms with E-state index in [9.17, 15) is 9.50 Å². The quantitative estimate of drug-likeness (QED) is 0.830. The van der Waals surface area contributed by atoms with Crippen LogP contribution in [-0.4, -0.2) is 24.4 Å². The fraction of sp³-hybridized carbons (Fsp3) is 0.250. The Morgan fingerprint density at radius 3 is 2.76 bits per heavy atom. The van der Waals surface area contributed by atoms with Gasteiger partial charge in [0.1, 0.15) is 24.3 Å². The zero-order valence-corrected chi connectivity index (χ0v) is 13.2. The summed E-state index contributed by atoms with van der Waals surface area (Å²) in [6.45, 7) is 2.33. The normalized spacial score (nSPS) is 12.0. The first-order valence-corrected chi connectivity index (χ1v) is 7.41. The molecule has 2 aromatic rings. The molecule has 5 heteroatoms. The molecule has 0 aliphatic carbocycles. The number of aliphatic hydroxyl groups excluding tert-OH is 1. The zero-order valence-electron chi connectivity index (χ0n) is 11.6. The number of benzene rings is 2. The van der Waals surface area contributed by atoms with Gasteiger partial charge in [-0.2, -0.15) is 0 Å². The topological polar surface area (TPSA) is 41.5 Å². The Labute approximate surface area is 131 Å². The summed E-state index contributed by atoms with van der Waals surface area (Å²) in [5.74, 6) is 0.331. The van der Waals surface area contributed by atoms with Gasteiger partial charge in [-0.25, -0.2) is 4.39 Å². The average molecular weight is 354 g/mol. The van der Waals surface area contributed by atoms with Crippen molar-refractivity contribution in [3.8, 4) is 5.75 Å². The summed E-state index contributed by atoms with van der Waals surface area (Å²) in [5.41, 5.74) is 1.49. The van der Waals surface area contributed by atoms with Gasteiger partial charge in [0.05, 0.1) is 10.2 Å². The molecule has 0 saturated heterocycles. The van der Waals surface area contributed by atoms with Crippen molar-refractivity contribution < 1.29 is 14.2 Å². The minimum absolute atomic E-state index is 0.128. The van der Waals surface area contributed by atoms with E-state index in [1.54, 1.807) is 18.2 Å². The molecule has 21 heavy (non-hydrogen) atoms. The maximum atomic E-state index is 13.4. The molecule has 0 aliphatic rings. The number of aliphatic hydroxyl groups is 1. The van der Waals surface area contributed by atoms with Crippen LogP contribution in [0.3, 0.4) is 0 Å². The lowest BCUT2D eigenvalue weighted by atomic mass is 10.2. The van der Waals surface area contributed by atoms with Crippen molar-refractivity contribution in [2.45, 2.75) is 13.0 Å². The predicted molar refractivity (Wildman–Crippen MR) is 85.3 cm³/mol. The number of ether oxygens (including phenoxy) is 1. The molecule has 0 bridgehead atoms. The number of para-hydroxylation sites is 1. The summed E-state index contributed by atoms with van der Waals surface area (Å²) in [7, 11) is 0. The maximum absolute atomic E-state index is 13.4. The Balaban J connectivity index is 1.82. The van der Waals surface area contributed by atoms with Crippen LogP contribution in [0.4, 0.5) is 10.1 Å². The number of rotatable bonds is 6. The lowest BCUT2D eigenvalue weighted by molar-refractivity contribution is 0.117. The van der Waals surface area contributed by atoms with Gasteiger partial charge in [-0.3, -0.25) is 0 Å².